The van der Waals surface area contributed by atoms with Crippen molar-refractivity contribution in [2.45, 2.75) is 77.3 Å². The molecule has 3 rings (SSSR count). The topological polar surface area (TPSA) is 81.1 Å². The number of hydrogen-bond donors (Lipinski definition) is 2. The molecule has 2 amide bonds. The number of likely N-dealkylation sites (tertiary alicyclic amines) is 2. The zero-order valence-electron chi connectivity index (χ0n) is 17.0. The van der Waals surface area contributed by atoms with Gasteiger partial charge in [-0.15, -0.1) is 0 Å². The lowest BCUT2D eigenvalue weighted by molar-refractivity contribution is -0.133. The maximum atomic E-state index is 12.5. The Kier molecular flexibility index (Phi) is 6.47. The monoisotopic (exact) mass is 388 g/mol. The fraction of sp³-hybridized carbons (Fsp3) is 0.636. The van der Waals surface area contributed by atoms with Gasteiger partial charge in [0, 0.05) is 43.1 Å². The van der Waals surface area contributed by atoms with Crippen molar-refractivity contribution < 1.29 is 19.8 Å². The first kappa shape index (κ1) is 20.5. The lowest BCUT2D eigenvalue weighted by Crippen LogP contribution is -2.34. The van der Waals surface area contributed by atoms with E-state index in [-0.39, 0.29) is 35.4 Å². The Hall–Kier alpha value is -2.24. The van der Waals surface area contributed by atoms with Crippen molar-refractivity contribution in [1.82, 2.24) is 9.80 Å². The molecule has 1 aromatic carbocycles. The summed E-state index contributed by atoms with van der Waals surface area (Å²) in [4.78, 5) is 28.6. The van der Waals surface area contributed by atoms with E-state index in [1.54, 1.807) is 6.07 Å². The molecule has 0 radical (unpaired) electrons. The highest BCUT2D eigenvalue weighted by molar-refractivity contribution is 5.78. The largest absolute Gasteiger partial charge is 0.507 e. The number of nitrogens with zero attached hydrogens (tertiary/aromatic N) is 2. The van der Waals surface area contributed by atoms with E-state index >= 15 is 0 Å². The standard InChI is InChI=1S/C22H32N2O4/c1-15(23-11-7-3-5-9-21(23)27)17-13-18(20(26)14-19(17)25)16(2)24-12-8-4-6-10-22(24)28/h13-16,25-26H,3-12H2,1-2H3. The molecule has 2 N–H and O–H groups in total. The number of phenolic OH excluding ortho intramolecular Hbond substituents is 2. The normalized spacial score (nSPS) is 21.2. The second-order valence-electron chi connectivity index (χ2n) is 8.12. The molecule has 1 aromatic rings. The molecule has 28 heavy (non-hydrogen) atoms. The third-order valence-electron chi connectivity index (χ3n) is 6.23. The minimum Gasteiger partial charge on any atom is -0.507 e. The van der Waals surface area contributed by atoms with Crippen molar-refractivity contribution in [3.05, 3.63) is 23.3 Å². The van der Waals surface area contributed by atoms with Crippen molar-refractivity contribution in [3.8, 4) is 11.5 Å². The molecule has 0 aromatic heterocycles. The molecule has 2 unspecified atom stereocenters. The molecule has 0 spiro atoms. The molecule has 2 fully saturated rings. The molecule has 0 saturated carbocycles. The predicted molar refractivity (Wildman–Crippen MR) is 107 cm³/mol. The van der Waals surface area contributed by atoms with Gasteiger partial charge in [0.25, 0.3) is 0 Å². The summed E-state index contributed by atoms with van der Waals surface area (Å²) < 4.78 is 0. The van der Waals surface area contributed by atoms with Crippen LogP contribution in [0.5, 0.6) is 11.5 Å². The molecule has 2 saturated heterocycles. The molecule has 6 heteroatoms. The molecule has 0 bridgehead atoms. The summed E-state index contributed by atoms with van der Waals surface area (Å²) in [6, 6.07) is 2.56. The number of benzene rings is 1. The smallest absolute Gasteiger partial charge is 0.223 e. The molecule has 2 heterocycles. The summed E-state index contributed by atoms with van der Waals surface area (Å²) in [5.74, 6) is 0.185. The van der Waals surface area contributed by atoms with Gasteiger partial charge in [-0.2, -0.15) is 0 Å². The number of carbonyl (C=O) groups excluding carboxylic acids is 2. The lowest BCUT2D eigenvalue weighted by atomic mass is 9.97. The minimum absolute atomic E-state index is 0.0137. The maximum absolute atomic E-state index is 12.5. The quantitative estimate of drug-likeness (QED) is 0.816. The van der Waals surface area contributed by atoms with Gasteiger partial charge in [-0.05, 0) is 45.6 Å². The van der Waals surface area contributed by atoms with Crippen LogP contribution in [-0.2, 0) is 9.59 Å². The molecule has 2 aliphatic rings. The van der Waals surface area contributed by atoms with Gasteiger partial charge in [0.1, 0.15) is 11.5 Å². The van der Waals surface area contributed by atoms with E-state index in [2.05, 4.69) is 0 Å². The predicted octanol–water partition coefficient (Wildman–Crippen LogP) is 4.03. The second kappa shape index (κ2) is 8.84. The van der Waals surface area contributed by atoms with Crippen LogP contribution in [0.1, 0.15) is 88.4 Å². The van der Waals surface area contributed by atoms with Gasteiger partial charge in [0.2, 0.25) is 11.8 Å². The van der Waals surface area contributed by atoms with E-state index in [0.29, 0.717) is 37.1 Å². The van der Waals surface area contributed by atoms with E-state index in [9.17, 15) is 19.8 Å². The Bertz CT molecular complexity index is 676. The SMILES string of the molecule is CC(c1cc(C(C)N2CCCCCC2=O)c(O)cc1O)N1CCCCCC1=O. The van der Waals surface area contributed by atoms with Crippen molar-refractivity contribution in [3.63, 3.8) is 0 Å². The number of hydrogen-bond acceptors (Lipinski definition) is 4. The number of carbonyl (C=O) groups is 2. The van der Waals surface area contributed by atoms with E-state index < -0.39 is 0 Å². The van der Waals surface area contributed by atoms with Crippen molar-refractivity contribution >= 4 is 11.8 Å². The summed E-state index contributed by atoms with van der Waals surface area (Å²) in [5.41, 5.74) is 1.24. The molecule has 154 valence electrons. The first-order chi connectivity index (χ1) is 13.4. The molecule has 2 atom stereocenters. The van der Waals surface area contributed by atoms with Crippen LogP contribution in [0.25, 0.3) is 0 Å². The fourth-order valence-electron chi connectivity index (χ4n) is 4.44. The van der Waals surface area contributed by atoms with Crippen LogP contribution in [0.15, 0.2) is 12.1 Å². The van der Waals surface area contributed by atoms with Crippen LogP contribution in [0.3, 0.4) is 0 Å². The van der Waals surface area contributed by atoms with Gasteiger partial charge in [0.05, 0.1) is 12.1 Å². The van der Waals surface area contributed by atoms with E-state index in [4.69, 9.17) is 0 Å². The number of aromatic hydroxyl groups is 2. The lowest BCUT2D eigenvalue weighted by Gasteiger charge is -2.32. The Morgan fingerprint density at radius 1 is 0.714 bits per heavy atom. The van der Waals surface area contributed by atoms with Gasteiger partial charge < -0.3 is 20.0 Å². The summed E-state index contributed by atoms with van der Waals surface area (Å²) in [6.07, 6.45) is 6.88. The first-order valence-electron chi connectivity index (χ1n) is 10.5. The maximum Gasteiger partial charge on any atom is 0.223 e. The second-order valence-corrected chi connectivity index (χ2v) is 8.12. The average Bonchev–Trinajstić information content (AvgIpc) is 3.00. The average molecular weight is 389 g/mol. The van der Waals surface area contributed by atoms with Crippen molar-refractivity contribution in [2.75, 3.05) is 13.1 Å². The van der Waals surface area contributed by atoms with E-state index in [1.807, 2.05) is 23.6 Å². The zero-order valence-corrected chi connectivity index (χ0v) is 17.0. The highest BCUT2D eigenvalue weighted by Gasteiger charge is 2.29. The van der Waals surface area contributed by atoms with Gasteiger partial charge >= 0.3 is 0 Å². The van der Waals surface area contributed by atoms with Crippen LogP contribution in [0.4, 0.5) is 0 Å². The highest BCUT2D eigenvalue weighted by atomic mass is 16.3. The van der Waals surface area contributed by atoms with Crippen molar-refractivity contribution in [1.29, 1.82) is 0 Å². The van der Waals surface area contributed by atoms with E-state index in [1.165, 1.54) is 6.07 Å². The van der Waals surface area contributed by atoms with Crippen LogP contribution >= 0.6 is 0 Å². The van der Waals surface area contributed by atoms with Crippen LogP contribution in [0.2, 0.25) is 0 Å². The van der Waals surface area contributed by atoms with Gasteiger partial charge in [0.15, 0.2) is 0 Å². The summed E-state index contributed by atoms with van der Waals surface area (Å²) >= 11 is 0. The van der Waals surface area contributed by atoms with E-state index in [0.717, 1.165) is 38.5 Å². The van der Waals surface area contributed by atoms with Crippen molar-refractivity contribution in [2.24, 2.45) is 0 Å². The number of rotatable bonds is 4. The van der Waals surface area contributed by atoms with Gasteiger partial charge in [-0.1, -0.05) is 12.8 Å². The van der Waals surface area contributed by atoms with Gasteiger partial charge in [-0.25, -0.2) is 0 Å². The Morgan fingerprint density at radius 3 is 1.57 bits per heavy atom. The molecular weight excluding hydrogens is 356 g/mol. The summed E-state index contributed by atoms with van der Waals surface area (Å²) in [7, 11) is 0. The van der Waals surface area contributed by atoms with Gasteiger partial charge in [-0.3, -0.25) is 9.59 Å². The zero-order chi connectivity index (χ0) is 20.3. The third-order valence-corrected chi connectivity index (χ3v) is 6.23. The molecular formula is C22H32N2O4. The molecule has 6 nitrogen and oxygen atoms in total. The first-order valence-corrected chi connectivity index (χ1v) is 10.5. The van der Waals surface area contributed by atoms with Crippen LogP contribution in [0, 0.1) is 0 Å². The summed E-state index contributed by atoms with van der Waals surface area (Å²) in [5, 5.41) is 21.0. The minimum atomic E-state index is -0.281. The highest BCUT2D eigenvalue weighted by Crippen LogP contribution is 2.39. The van der Waals surface area contributed by atoms with Crippen LogP contribution < -0.4 is 0 Å². The Labute approximate surface area is 167 Å². The summed E-state index contributed by atoms with van der Waals surface area (Å²) in [6.45, 7) is 5.19. The Balaban J connectivity index is 1.91. The molecule has 2 aliphatic heterocycles. The number of phenols is 2. The fourth-order valence-corrected chi connectivity index (χ4v) is 4.44. The molecule has 0 aliphatic carbocycles. The number of amides is 2. The van der Waals surface area contributed by atoms with Crippen LogP contribution in [-0.4, -0.2) is 44.9 Å². The third kappa shape index (κ3) is 4.26. The Morgan fingerprint density at radius 2 is 1.14 bits per heavy atom.